The Morgan fingerprint density at radius 1 is 1.12 bits per heavy atom. The van der Waals surface area contributed by atoms with Gasteiger partial charge in [0.25, 0.3) is 0 Å². The molecular formula is C19H16FNO4. The van der Waals surface area contributed by atoms with Crippen LogP contribution in [0.4, 0.5) is 4.39 Å². The van der Waals surface area contributed by atoms with Crippen molar-refractivity contribution in [2.45, 2.75) is 6.42 Å². The molecule has 0 saturated carbocycles. The van der Waals surface area contributed by atoms with E-state index in [1.807, 2.05) is 0 Å². The number of halogens is 1. The summed E-state index contributed by atoms with van der Waals surface area (Å²) < 4.78 is 28.6. The number of hydrogen-bond donors (Lipinski definition) is 0. The number of carbonyl (C=O) groups excluding carboxylic acids is 1. The predicted octanol–water partition coefficient (Wildman–Crippen LogP) is 3.38. The summed E-state index contributed by atoms with van der Waals surface area (Å²) in [4.78, 5) is 16.3. The summed E-state index contributed by atoms with van der Waals surface area (Å²) in [5.74, 6) is 0.629. The summed E-state index contributed by atoms with van der Waals surface area (Å²) in [5.41, 5.74) is 1.62. The molecule has 1 aliphatic heterocycles. The normalized spacial score (nSPS) is 15.1. The number of methoxy groups -OCH3 is 2. The Balaban J connectivity index is 1.87. The molecule has 0 aromatic heterocycles. The van der Waals surface area contributed by atoms with Gasteiger partial charge in [-0.1, -0.05) is 12.1 Å². The van der Waals surface area contributed by atoms with Gasteiger partial charge in [-0.2, -0.15) is 0 Å². The highest BCUT2D eigenvalue weighted by molar-refractivity contribution is 6.07. The van der Waals surface area contributed by atoms with Crippen molar-refractivity contribution in [3.05, 3.63) is 65.1 Å². The second-order valence-electron chi connectivity index (χ2n) is 5.34. The smallest absolute Gasteiger partial charge is 0.363 e. The Hall–Kier alpha value is -3.15. The van der Waals surface area contributed by atoms with Crippen LogP contribution in [0.1, 0.15) is 11.1 Å². The fraction of sp³-hybridized carbons (Fsp3) is 0.158. The lowest BCUT2D eigenvalue weighted by Gasteiger charge is -2.07. The van der Waals surface area contributed by atoms with Gasteiger partial charge in [-0.05, 0) is 42.0 Å². The molecule has 3 rings (SSSR count). The molecule has 1 aliphatic rings. The van der Waals surface area contributed by atoms with Gasteiger partial charge < -0.3 is 14.2 Å². The van der Waals surface area contributed by atoms with Crippen molar-refractivity contribution in [3.63, 3.8) is 0 Å². The molecule has 0 N–H and O–H groups in total. The van der Waals surface area contributed by atoms with Crippen molar-refractivity contribution in [3.8, 4) is 11.5 Å². The third kappa shape index (κ3) is 3.85. The molecule has 0 bridgehead atoms. The average molecular weight is 341 g/mol. The number of esters is 1. The molecule has 0 radical (unpaired) electrons. The van der Waals surface area contributed by atoms with Gasteiger partial charge >= 0.3 is 5.97 Å². The van der Waals surface area contributed by atoms with E-state index in [-0.39, 0.29) is 17.4 Å². The van der Waals surface area contributed by atoms with Crippen LogP contribution in [0, 0.1) is 5.82 Å². The Labute approximate surface area is 144 Å². The highest BCUT2D eigenvalue weighted by Crippen LogP contribution is 2.27. The van der Waals surface area contributed by atoms with Gasteiger partial charge in [0, 0.05) is 12.0 Å². The Kier molecular flexibility index (Phi) is 4.79. The number of hydrogen-bond acceptors (Lipinski definition) is 5. The lowest BCUT2D eigenvalue weighted by atomic mass is 10.1. The fourth-order valence-corrected chi connectivity index (χ4v) is 2.41. The number of ether oxygens (including phenoxy) is 3. The van der Waals surface area contributed by atoms with E-state index in [1.54, 1.807) is 50.6 Å². The molecule has 2 aromatic carbocycles. The van der Waals surface area contributed by atoms with E-state index in [1.165, 1.54) is 12.1 Å². The lowest BCUT2D eigenvalue weighted by molar-refractivity contribution is -0.130. The maximum Gasteiger partial charge on any atom is 0.363 e. The van der Waals surface area contributed by atoms with Crippen LogP contribution in [0.15, 0.2) is 53.2 Å². The van der Waals surface area contributed by atoms with Crippen LogP contribution in [0.5, 0.6) is 11.5 Å². The quantitative estimate of drug-likeness (QED) is 0.618. The van der Waals surface area contributed by atoms with Crippen molar-refractivity contribution < 1.29 is 23.4 Å². The summed E-state index contributed by atoms with van der Waals surface area (Å²) in [5, 5.41) is 0. The van der Waals surface area contributed by atoms with Crippen LogP contribution in [0.3, 0.4) is 0 Å². The summed E-state index contributed by atoms with van der Waals surface area (Å²) in [6.45, 7) is 0. The molecule has 0 saturated heterocycles. The molecule has 128 valence electrons. The summed E-state index contributed by atoms with van der Waals surface area (Å²) >= 11 is 0. The first-order chi connectivity index (χ1) is 12.1. The molecule has 0 amide bonds. The summed E-state index contributed by atoms with van der Waals surface area (Å²) in [7, 11) is 3.10. The van der Waals surface area contributed by atoms with E-state index in [0.29, 0.717) is 23.5 Å². The van der Waals surface area contributed by atoms with Gasteiger partial charge in [0.2, 0.25) is 5.90 Å². The number of cyclic esters (lactones) is 1. The monoisotopic (exact) mass is 341 g/mol. The minimum absolute atomic E-state index is 0.170. The number of benzene rings is 2. The molecule has 5 nitrogen and oxygen atoms in total. The molecule has 2 aromatic rings. The van der Waals surface area contributed by atoms with Gasteiger partial charge in [0.1, 0.15) is 17.3 Å². The van der Waals surface area contributed by atoms with Crippen LogP contribution in [0.2, 0.25) is 0 Å². The molecule has 1 heterocycles. The number of nitrogens with zero attached hydrogens (tertiary/aromatic N) is 1. The minimum atomic E-state index is -0.540. The van der Waals surface area contributed by atoms with Gasteiger partial charge in [0.05, 0.1) is 14.2 Å². The molecule has 0 spiro atoms. The predicted molar refractivity (Wildman–Crippen MR) is 91.2 cm³/mol. The van der Waals surface area contributed by atoms with E-state index in [4.69, 9.17) is 14.2 Å². The minimum Gasteiger partial charge on any atom is -0.497 e. The average Bonchev–Trinajstić information content (AvgIpc) is 2.96. The van der Waals surface area contributed by atoms with Crippen LogP contribution >= 0.6 is 0 Å². The third-order valence-corrected chi connectivity index (χ3v) is 3.66. The van der Waals surface area contributed by atoms with E-state index >= 15 is 0 Å². The zero-order valence-electron chi connectivity index (χ0n) is 13.8. The van der Waals surface area contributed by atoms with E-state index in [2.05, 4.69) is 4.99 Å². The molecule has 0 atom stereocenters. The third-order valence-electron chi connectivity index (χ3n) is 3.66. The largest absolute Gasteiger partial charge is 0.497 e. The van der Waals surface area contributed by atoms with E-state index in [0.717, 1.165) is 5.56 Å². The lowest BCUT2D eigenvalue weighted by Crippen LogP contribution is -2.06. The first-order valence-electron chi connectivity index (χ1n) is 7.57. The van der Waals surface area contributed by atoms with Crippen molar-refractivity contribution in [2.24, 2.45) is 4.99 Å². The molecule has 0 aliphatic carbocycles. The number of aliphatic imine (C=N–C) groups is 1. The Morgan fingerprint density at radius 2 is 1.88 bits per heavy atom. The molecular weight excluding hydrogens is 325 g/mol. The van der Waals surface area contributed by atoms with Crippen LogP contribution in [-0.2, 0) is 16.0 Å². The highest BCUT2D eigenvalue weighted by atomic mass is 19.1. The maximum atomic E-state index is 13.0. The number of rotatable bonds is 5. The molecule has 0 unspecified atom stereocenters. The highest BCUT2D eigenvalue weighted by Gasteiger charge is 2.23. The fourth-order valence-electron chi connectivity index (χ4n) is 2.41. The summed E-state index contributed by atoms with van der Waals surface area (Å²) in [6, 6.07) is 11.2. The Bertz CT molecular complexity index is 856. The van der Waals surface area contributed by atoms with E-state index in [9.17, 15) is 9.18 Å². The molecule has 0 fully saturated rings. The van der Waals surface area contributed by atoms with Gasteiger partial charge in [-0.25, -0.2) is 14.2 Å². The van der Waals surface area contributed by atoms with Gasteiger partial charge in [0.15, 0.2) is 5.70 Å². The zero-order valence-corrected chi connectivity index (χ0v) is 13.8. The zero-order chi connectivity index (χ0) is 17.8. The number of carbonyl (C=O) groups is 1. The first-order valence-corrected chi connectivity index (χ1v) is 7.57. The van der Waals surface area contributed by atoms with Crippen molar-refractivity contribution >= 4 is 17.9 Å². The van der Waals surface area contributed by atoms with Crippen molar-refractivity contribution in [1.82, 2.24) is 0 Å². The topological polar surface area (TPSA) is 57.1 Å². The second kappa shape index (κ2) is 7.17. The maximum absolute atomic E-state index is 13.0. The van der Waals surface area contributed by atoms with Gasteiger partial charge in [-0.15, -0.1) is 0 Å². The van der Waals surface area contributed by atoms with Crippen LogP contribution in [-0.4, -0.2) is 26.1 Å². The van der Waals surface area contributed by atoms with Crippen molar-refractivity contribution in [1.29, 1.82) is 0 Å². The SMILES string of the molecule is COc1ccc(OC)c(/C=C2\N=C(Cc3ccc(F)cc3)OC2=O)c1. The van der Waals surface area contributed by atoms with Crippen molar-refractivity contribution in [2.75, 3.05) is 14.2 Å². The first kappa shape index (κ1) is 16.7. The summed E-state index contributed by atoms with van der Waals surface area (Å²) in [6.07, 6.45) is 1.89. The van der Waals surface area contributed by atoms with E-state index < -0.39 is 5.97 Å². The molecule has 25 heavy (non-hydrogen) atoms. The van der Waals surface area contributed by atoms with Gasteiger partial charge in [-0.3, -0.25) is 0 Å². The standard InChI is InChI=1S/C19H16FNO4/c1-23-15-7-8-17(24-2)13(10-15)11-16-19(22)25-18(21-16)9-12-3-5-14(20)6-4-12/h3-8,10-11H,9H2,1-2H3/b16-11-. The Morgan fingerprint density at radius 3 is 2.56 bits per heavy atom. The van der Waals surface area contributed by atoms with Crippen LogP contribution < -0.4 is 9.47 Å². The second-order valence-corrected chi connectivity index (χ2v) is 5.34. The van der Waals surface area contributed by atoms with Crippen LogP contribution in [0.25, 0.3) is 6.08 Å². The molecule has 6 heteroatoms.